The van der Waals surface area contributed by atoms with E-state index in [2.05, 4.69) is 10.2 Å². The zero-order valence-electron chi connectivity index (χ0n) is 13.6. The van der Waals surface area contributed by atoms with Gasteiger partial charge >= 0.3 is 5.97 Å². The van der Waals surface area contributed by atoms with Crippen molar-refractivity contribution in [3.05, 3.63) is 69.7 Å². The molecule has 1 heterocycles. The van der Waals surface area contributed by atoms with E-state index < -0.39 is 5.92 Å². The van der Waals surface area contributed by atoms with Crippen molar-refractivity contribution in [1.82, 2.24) is 0 Å². The molecule has 0 radical (unpaired) electrons. The molecule has 0 N–H and O–H groups in total. The summed E-state index contributed by atoms with van der Waals surface area (Å²) in [4.78, 5) is 12.5. The molecule has 6 heteroatoms. The molecule has 1 aliphatic rings. The molecule has 0 spiro atoms. The summed E-state index contributed by atoms with van der Waals surface area (Å²) in [6.07, 6.45) is 0.354. The summed E-state index contributed by atoms with van der Waals surface area (Å²) in [6, 6.07) is 14.6. The summed E-state index contributed by atoms with van der Waals surface area (Å²) in [7, 11) is 0. The van der Waals surface area contributed by atoms with Crippen LogP contribution in [0.1, 0.15) is 24.5 Å². The van der Waals surface area contributed by atoms with Crippen LogP contribution in [0, 0.1) is 5.92 Å². The summed E-state index contributed by atoms with van der Waals surface area (Å²) in [5.41, 5.74) is 2.61. The zero-order valence-corrected chi connectivity index (χ0v) is 15.1. The minimum atomic E-state index is -0.580. The first-order valence-corrected chi connectivity index (χ1v) is 8.68. The van der Waals surface area contributed by atoms with Crippen LogP contribution in [0.5, 0.6) is 0 Å². The van der Waals surface area contributed by atoms with Crippen LogP contribution in [0.3, 0.4) is 0 Å². The number of ether oxygens (including phenoxy) is 1. The van der Waals surface area contributed by atoms with Gasteiger partial charge in [0, 0.05) is 27.6 Å². The third kappa shape index (κ3) is 3.75. The molecule has 25 heavy (non-hydrogen) atoms. The Morgan fingerprint density at radius 2 is 1.64 bits per heavy atom. The quantitative estimate of drug-likeness (QED) is 0.723. The van der Waals surface area contributed by atoms with Gasteiger partial charge in [-0.25, -0.2) is 0 Å². The van der Waals surface area contributed by atoms with Gasteiger partial charge in [0.15, 0.2) is 0 Å². The zero-order chi connectivity index (χ0) is 17.8. The normalized spacial score (nSPS) is 16.8. The van der Waals surface area contributed by atoms with E-state index in [1.165, 1.54) is 0 Å². The maximum atomic E-state index is 12.5. The maximum absolute atomic E-state index is 12.5. The Morgan fingerprint density at radius 1 is 1.04 bits per heavy atom. The summed E-state index contributed by atoms with van der Waals surface area (Å²) in [6.45, 7) is 2.07. The van der Waals surface area contributed by atoms with Crippen LogP contribution in [-0.4, -0.2) is 24.0 Å². The molecule has 0 aliphatic carbocycles. The number of esters is 1. The number of halogens is 2. The van der Waals surface area contributed by atoms with E-state index in [0.29, 0.717) is 40.1 Å². The van der Waals surface area contributed by atoms with Gasteiger partial charge in [0.25, 0.3) is 0 Å². The summed E-state index contributed by atoms with van der Waals surface area (Å²) < 4.78 is 5.24. The van der Waals surface area contributed by atoms with Crippen molar-refractivity contribution in [3.8, 4) is 0 Å². The van der Waals surface area contributed by atoms with Gasteiger partial charge in [-0.1, -0.05) is 59.6 Å². The molecule has 0 saturated carbocycles. The highest BCUT2D eigenvalue weighted by Gasteiger charge is 2.33. The first kappa shape index (κ1) is 17.6. The molecule has 0 bridgehead atoms. The lowest BCUT2D eigenvalue weighted by Gasteiger charge is -2.22. The predicted octanol–water partition coefficient (Wildman–Crippen LogP) is 4.77. The third-order valence-corrected chi connectivity index (χ3v) is 4.57. The van der Waals surface area contributed by atoms with Gasteiger partial charge in [0.05, 0.1) is 18.0 Å². The summed E-state index contributed by atoms with van der Waals surface area (Å²) in [5, 5.41) is 9.70. The van der Waals surface area contributed by atoms with E-state index >= 15 is 0 Å². The molecule has 0 saturated heterocycles. The standard InChI is InChI=1S/C19H16Cl2N2O2/c1-2-25-19(24)14-11-17(12-7-3-5-9-15(12)20)22-23-18(14)13-8-4-6-10-16(13)21/h3-10,14H,2,11H2,1H3. The largest absolute Gasteiger partial charge is 0.465 e. The van der Waals surface area contributed by atoms with Gasteiger partial charge in [-0.3, -0.25) is 4.79 Å². The lowest BCUT2D eigenvalue weighted by Crippen LogP contribution is -2.32. The second kappa shape index (κ2) is 7.81. The first-order valence-electron chi connectivity index (χ1n) is 7.92. The van der Waals surface area contributed by atoms with Crippen molar-refractivity contribution in [2.75, 3.05) is 6.61 Å². The minimum Gasteiger partial charge on any atom is -0.465 e. The highest BCUT2D eigenvalue weighted by Crippen LogP contribution is 2.28. The van der Waals surface area contributed by atoms with Crippen molar-refractivity contribution in [1.29, 1.82) is 0 Å². The Hall–Kier alpha value is -2.17. The monoisotopic (exact) mass is 374 g/mol. The summed E-state index contributed by atoms with van der Waals surface area (Å²) >= 11 is 12.5. The summed E-state index contributed by atoms with van der Waals surface area (Å²) in [5.74, 6) is -0.927. The molecule has 2 aromatic carbocycles. The lowest BCUT2D eigenvalue weighted by atomic mass is 9.88. The van der Waals surface area contributed by atoms with E-state index in [4.69, 9.17) is 27.9 Å². The molecule has 2 aromatic rings. The minimum absolute atomic E-state index is 0.295. The Kier molecular flexibility index (Phi) is 5.51. The molecule has 0 aromatic heterocycles. The molecule has 4 nitrogen and oxygen atoms in total. The number of rotatable bonds is 4. The molecule has 3 rings (SSSR count). The van der Waals surface area contributed by atoms with Crippen LogP contribution >= 0.6 is 23.2 Å². The highest BCUT2D eigenvalue weighted by atomic mass is 35.5. The average molecular weight is 375 g/mol. The molecule has 1 atom stereocenters. The SMILES string of the molecule is CCOC(=O)C1CC(c2ccccc2Cl)=NN=C1c1ccccc1Cl. The maximum Gasteiger partial charge on any atom is 0.315 e. The molecule has 0 amide bonds. The molecule has 1 aliphatic heterocycles. The van der Waals surface area contributed by atoms with Gasteiger partial charge < -0.3 is 4.74 Å². The van der Waals surface area contributed by atoms with E-state index in [1.807, 2.05) is 36.4 Å². The van der Waals surface area contributed by atoms with Crippen LogP contribution in [0.4, 0.5) is 0 Å². The number of carbonyl (C=O) groups excluding carboxylic acids is 1. The van der Waals surface area contributed by atoms with Crippen molar-refractivity contribution >= 4 is 40.6 Å². The van der Waals surface area contributed by atoms with E-state index in [9.17, 15) is 4.79 Å². The van der Waals surface area contributed by atoms with Crippen LogP contribution in [0.15, 0.2) is 58.7 Å². The smallest absolute Gasteiger partial charge is 0.315 e. The van der Waals surface area contributed by atoms with Crippen LogP contribution in [-0.2, 0) is 9.53 Å². The van der Waals surface area contributed by atoms with Crippen LogP contribution in [0.25, 0.3) is 0 Å². The van der Waals surface area contributed by atoms with Crippen LogP contribution in [0.2, 0.25) is 10.0 Å². The van der Waals surface area contributed by atoms with Gasteiger partial charge in [-0.2, -0.15) is 10.2 Å². The van der Waals surface area contributed by atoms with Crippen LogP contribution < -0.4 is 0 Å². The topological polar surface area (TPSA) is 51.0 Å². The lowest BCUT2D eigenvalue weighted by molar-refractivity contribution is -0.145. The Bertz CT molecular complexity index is 862. The van der Waals surface area contributed by atoms with Gasteiger partial charge in [-0.05, 0) is 19.1 Å². The fraction of sp³-hybridized carbons (Fsp3) is 0.211. The Labute approximate surface area is 156 Å². The third-order valence-electron chi connectivity index (χ3n) is 3.91. The van der Waals surface area contributed by atoms with Crippen molar-refractivity contribution in [3.63, 3.8) is 0 Å². The molecular formula is C19H16Cl2N2O2. The average Bonchev–Trinajstić information content (AvgIpc) is 2.62. The molecule has 1 unspecified atom stereocenters. The number of nitrogens with zero attached hydrogens (tertiary/aromatic N) is 2. The van der Waals surface area contributed by atoms with Crippen molar-refractivity contribution in [2.45, 2.75) is 13.3 Å². The van der Waals surface area contributed by atoms with E-state index in [0.717, 1.165) is 5.56 Å². The van der Waals surface area contributed by atoms with Gasteiger partial charge in [-0.15, -0.1) is 0 Å². The van der Waals surface area contributed by atoms with E-state index in [-0.39, 0.29) is 5.97 Å². The Balaban J connectivity index is 2.06. The first-order chi connectivity index (χ1) is 12.1. The van der Waals surface area contributed by atoms with Gasteiger partial charge in [0.1, 0.15) is 5.92 Å². The number of hydrogen-bond acceptors (Lipinski definition) is 4. The molecular weight excluding hydrogens is 359 g/mol. The predicted molar refractivity (Wildman–Crippen MR) is 101 cm³/mol. The van der Waals surface area contributed by atoms with E-state index in [1.54, 1.807) is 19.1 Å². The fourth-order valence-corrected chi connectivity index (χ4v) is 3.20. The van der Waals surface area contributed by atoms with Crippen molar-refractivity contribution in [2.24, 2.45) is 16.1 Å². The highest BCUT2D eigenvalue weighted by molar-refractivity contribution is 6.36. The Morgan fingerprint density at radius 3 is 2.24 bits per heavy atom. The molecule has 0 fully saturated rings. The van der Waals surface area contributed by atoms with Crippen molar-refractivity contribution < 1.29 is 9.53 Å². The number of carbonyl (C=O) groups is 1. The number of hydrogen-bond donors (Lipinski definition) is 0. The van der Waals surface area contributed by atoms with Gasteiger partial charge in [0.2, 0.25) is 0 Å². The second-order valence-corrected chi connectivity index (χ2v) is 6.31. The number of benzene rings is 2. The molecule has 128 valence electrons. The fourth-order valence-electron chi connectivity index (χ4n) is 2.72. The second-order valence-electron chi connectivity index (χ2n) is 5.50.